The SMILES string of the molecule is Cc1ccc(CCN(C)S(=O)(=O)N2CC2)c(C)c1. The van der Waals surface area contributed by atoms with Crippen LogP contribution in [0.3, 0.4) is 0 Å². The molecule has 1 aromatic rings. The molecule has 1 saturated heterocycles. The molecule has 1 heterocycles. The van der Waals surface area contributed by atoms with E-state index in [2.05, 4.69) is 32.0 Å². The van der Waals surface area contributed by atoms with Gasteiger partial charge in [0.25, 0.3) is 10.2 Å². The molecule has 5 heteroatoms. The Kier molecular flexibility index (Phi) is 3.75. The van der Waals surface area contributed by atoms with Crippen molar-refractivity contribution >= 4 is 10.2 Å². The minimum absolute atomic E-state index is 0.530. The molecule has 1 aliphatic heterocycles. The average molecular weight is 268 g/mol. The molecule has 0 radical (unpaired) electrons. The number of rotatable bonds is 5. The molecule has 1 aliphatic rings. The Balaban J connectivity index is 1.99. The number of benzene rings is 1. The van der Waals surface area contributed by atoms with E-state index in [-0.39, 0.29) is 0 Å². The van der Waals surface area contributed by atoms with Gasteiger partial charge in [0.2, 0.25) is 0 Å². The minimum atomic E-state index is -3.19. The van der Waals surface area contributed by atoms with Gasteiger partial charge in [0.1, 0.15) is 0 Å². The van der Waals surface area contributed by atoms with Gasteiger partial charge in [-0.3, -0.25) is 0 Å². The first-order valence-corrected chi connectivity index (χ1v) is 7.58. The summed E-state index contributed by atoms with van der Waals surface area (Å²) in [4.78, 5) is 0. The first-order valence-electron chi connectivity index (χ1n) is 6.19. The maximum absolute atomic E-state index is 11.9. The third kappa shape index (κ3) is 2.91. The van der Waals surface area contributed by atoms with Crippen LogP contribution in [0.5, 0.6) is 0 Å². The van der Waals surface area contributed by atoms with E-state index in [4.69, 9.17) is 0 Å². The normalized spacial score (nSPS) is 16.2. The van der Waals surface area contributed by atoms with Crippen LogP contribution in [0.1, 0.15) is 16.7 Å². The molecular formula is C13H20N2O2S. The van der Waals surface area contributed by atoms with Crippen LogP contribution in [0.25, 0.3) is 0 Å². The Bertz CT molecular complexity index is 536. The fraction of sp³-hybridized carbons (Fsp3) is 0.538. The molecule has 0 spiro atoms. The fourth-order valence-electron chi connectivity index (χ4n) is 1.99. The Hall–Kier alpha value is -0.910. The molecule has 1 aromatic carbocycles. The van der Waals surface area contributed by atoms with E-state index in [9.17, 15) is 8.42 Å². The summed E-state index contributed by atoms with van der Waals surface area (Å²) in [7, 11) is -1.54. The van der Waals surface area contributed by atoms with Crippen LogP contribution < -0.4 is 0 Å². The van der Waals surface area contributed by atoms with Crippen molar-refractivity contribution < 1.29 is 8.42 Å². The van der Waals surface area contributed by atoms with Crippen molar-refractivity contribution in [3.05, 3.63) is 34.9 Å². The smallest absolute Gasteiger partial charge is 0.195 e. The molecule has 2 rings (SSSR count). The second-order valence-corrected chi connectivity index (χ2v) is 6.94. The van der Waals surface area contributed by atoms with Crippen molar-refractivity contribution in [2.24, 2.45) is 0 Å². The molecule has 0 N–H and O–H groups in total. The van der Waals surface area contributed by atoms with E-state index in [1.54, 1.807) is 7.05 Å². The van der Waals surface area contributed by atoms with Crippen molar-refractivity contribution in [3.8, 4) is 0 Å². The van der Waals surface area contributed by atoms with E-state index in [0.717, 1.165) is 6.42 Å². The van der Waals surface area contributed by atoms with Gasteiger partial charge in [-0.2, -0.15) is 17.0 Å². The highest BCUT2D eigenvalue weighted by atomic mass is 32.2. The largest absolute Gasteiger partial charge is 0.281 e. The summed E-state index contributed by atoms with van der Waals surface area (Å²) < 4.78 is 26.7. The standard InChI is InChI=1S/C13H20N2O2S/c1-11-4-5-13(12(2)10-11)6-7-14(3)18(16,17)15-8-9-15/h4-5,10H,6-9H2,1-3H3. The van der Waals surface area contributed by atoms with Crippen molar-refractivity contribution in [3.63, 3.8) is 0 Å². The summed E-state index contributed by atoms with van der Waals surface area (Å²) in [6.07, 6.45) is 0.760. The number of aryl methyl sites for hydroxylation is 2. The summed E-state index contributed by atoms with van der Waals surface area (Å²) in [6.45, 7) is 5.99. The molecule has 0 aromatic heterocycles. The highest BCUT2D eigenvalue weighted by Crippen LogP contribution is 2.17. The molecular weight excluding hydrogens is 248 g/mol. The molecule has 0 bridgehead atoms. The molecule has 4 nitrogen and oxygen atoms in total. The van der Waals surface area contributed by atoms with Crippen LogP contribution in [0.15, 0.2) is 18.2 Å². The molecule has 100 valence electrons. The fourth-order valence-corrected chi connectivity index (χ4v) is 3.25. The van der Waals surface area contributed by atoms with Gasteiger partial charge >= 0.3 is 0 Å². The molecule has 18 heavy (non-hydrogen) atoms. The lowest BCUT2D eigenvalue weighted by Gasteiger charge is -2.17. The highest BCUT2D eigenvalue weighted by molar-refractivity contribution is 7.87. The van der Waals surface area contributed by atoms with E-state index < -0.39 is 10.2 Å². The van der Waals surface area contributed by atoms with E-state index in [1.165, 1.54) is 25.3 Å². The van der Waals surface area contributed by atoms with Crippen LogP contribution in [-0.4, -0.2) is 43.7 Å². The number of nitrogens with zero attached hydrogens (tertiary/aromatic N) is 2. The predicted molar refractivity (Wildman–Crippen MR) is 72.7 cm³/mol. The highest BCUT2D eigenvalue weighted by Gasteiger charge is 2.34. The molecule has 0 aliphatic carbocycles. The quantitative estimate of drug-likeness (QED) is 0.756. The average Bonchev–Trinajstić information content (AvgIpc) is 3.11. The van der Waals surface area contributed by atoms with E-state index in [0.29, 0.717) is 19.6 Å². The zero-order valence-electron chi connectivity index (χ0n) is 11.2. The Labute approximate surface area is 109 Å². The first kappa shape index (κ1) is 13.5. The Morgan fingerprint density at radius 3 is 2.50 bits per heavy atom. The third-order valence-electron chi connectivity index (χ3n) is 3.32. The van der Waals surface area contributed by atoms with Gasteiger partial charge in [-0.15, -0.1) is 0 Å². The van der Waals surface area contributed by atoms with Gasteiger partial charge < -0.3 is 0 Å². The molecule has 0 saturated carbocycles. The topological polar surface area (TPSA) is 40.4 Å². The van der Waals surface area contributed by atoms with Crippen molar-refractivity contribution in [2.75, 3.05) is 26.7 Å². The lowest BCUT2D eigenvalue weighted by atomic mass is 10.0. The molecule has 0 atom stereocenters. The van der Waals surface area contributed by atoms with Crippen molar-refractivity contribution in [2.45, 2.75) is 20.3 Å². The summed E-state index contributed by atoms with van der Waals surface area (Å²) in [5.41, 5.74) is 3.68. The first-order chi connectivity index (χ1) is 8.41. The van der Waals surface area contributed by atoms with Crippen LogP contribution in [0.4, 0.5) is 0 Å². The maximum atomic E-state index is 11.9. The zero-order valence-corrected chi connectivity index (χ0v) is 12.0. The Morgan fingerprint density at radius 2 is 1.94 bits per heavy atom. The number of hydrogen-bond acceptors (Lipinski definition) is 2. The summed E-state index contributed by atoms with van der Waals surface area (Å²) >= 11 is 0. The number of likely N-dealkylation sites (N-methyl/N-ethyl adjacent to an activating group) is 1. The summed E-state index contributed by atoms with van der Waals surface area (Å²) in [6, 6.07) is 6.29. The van der Waals surface area contributed by atoms with Gasteiger partial charge in [0.05, 0.1) is 0 Å². The van der Waals surface area contributed by atoms with Gasteiger partial charge in [-0.25, -0.2) is 0 Å². The van der Waals surface area contributed by atoms with Gasteiger partial charge in [-0.05, 0) is 31.4 Å². The van der Waals surface area contributed by atoms with Crippen LogP contribution >= 0.6 is 0 Å². The van der Waals surface area contributed by atoms with Crippen LogP contribution in [-0.2, 0) is 16.6 Å². The monoisotopic (exact) mass is 268 g/mol. The molecule has 0 unspecified atom stereocenters. The molecule has 0 amide bonds. The zero-order chi connectivity index (χ0) is 13.3. The third-order valence-corrected chi connectivity index (χ3v) is 5.31. The Morgan fingerprint density at radius 1 is 1.28 bits per heavy atom. The van der Waals surface area contributed by atoms with E-state index in [1.807, 2.05) is 0 Å². The van der Waals surface area contributed by atoms with Crippen LogP contribution in [0.2, 0.25) is 0 Å². The van der Waals surface area contributed by atoms with Crippen molar-refractivity contribution in [1.82, 2.24) is 8.61 Å². The number of hydrogen-bond donors (Lipinski definition) is 0. The second kappa shape index (κ2) is 4.99. The van der Waals surface area contributed by atoms with Gasteiger partial charge in [0.15, 0.2) is 0 Å². The maximum Gasteiger partial charge on any atom is 0.281 e. The van der Waals surface area contributed by atoms with Crippen molar-refractivity contribution in [1.29, 1.82) is 0 Å². The lowest BCUT2D eigenvalue weighted by Crippen LogP contribution is -2.33. The predicted octanol–water partition coefficient (Wildman–Crippen LogP) is 1.34. The summed E-state index contributed by atoms with van der Waals surface area (Å²) in [5, 5.41) is 0. The minimum Gasteiger partial charge on any atom is -0.195 e. The van der Waals surface area contributed by atoms with Gasteiger partial charge in [-0.1, -0.05) is 23.8 Å². The second-order valence-electron chi connectivity index (χ2n) is 4.91. The lowest BCUT2D eigenvalue weighted by molar-refractivity contribution is 0.445. The summed E-state index contributed by atoms with van der Waals surface area (Å²) in [5.74, 6) is 0. The van der Waals surface area contributed by atoms with E-state index >= 15 is 0 Å². The van der Waals surface area contributed by atoms with Crippen LogP contribution in [0, 0.1) is 13.8 Å². The molecule has 1 fully saturated rings. The van der Waals surface area contributed by atoms with Gasteiger partial charge in [0, 0.05) is 26.7 Å².